The van der Waals surface area contributed by atoms with Crippen molar-refractivity contribution >= 4 is 0 Å². The third kappa shape index (κ3) is 3.07. The van der Waals surface area contributed by atoms with E-state index in [2.05, 4.69) is 53.4 Å². The molecule has 1 fully saturated rings. The second-order valence-corrected chi connectivity index (χ2v) is 5.39. The number of aromatic nitrogens is 2. The van der Waals surface area contributed by atoms with Gasteiger partial charge in [0.2, 0.25) is 0 Å². The van der Waals surface area contributed by atoms with Crippen LogP contribution in [0.25, 0.3) is 0 Å². The van der Waals surface area contributed by atoms with E-state index in [1.807, 2.05) is 0 Å². The van der Waals surface area contributed by atoms with Crippen LogP contribution in [-0.2, 0) is 6.54 Å². The molecule has 2 N–H and O–H groups in total. The Morgan fingerprint density at radius 3 is 3.12 bits per heavy atom. The SMILES string of the molecule is CCC(C)n1ccc(CNC2(C)CCNC2)n1. The van der Waals surface area contributed by atoms with Gasteiger partial charge in [-0.1, -0.05) is 6.92 Å². The van der Waals surface area contributed by atoms with Gasteiger partial charge in [0.1, 0.15) is 0 Å². The zero-order chi connectivity index (χ0) is 12.3. The molecule has 1 aliphatic rings. The van der Waals surface area contributed by atoms with Crippen LogP contribution < -0.4 is 10.6 Å². The molecule has 0 spiro atoms. The summed E-state index contributed by atoms with van der Waals surface area (Å²) in [6.07, 6.45) is 4.40. The second-order valence-electron chi connectivity index (χ2n) is 5.39. The van der Waals surface area contributed by atoms with E-state index in [1.165, 1.54) is 6.42 Å². The zero-order valence-corrected chi connectivity index (χ0v) is 11.2. The lowest BCUT2D eigenvalue weighted by atomic mass is 10.0. The summed E-state index contributed by atoms with van der Waals surface area (Å²) >= 11 is 0. The standard InChI is InChI=1S/C13H24N4/c1-4-11(2)17-8-5-12(16-17)9-15-13(3)6-7-14-10-13/h5,8,11,14-15H,4,6-7,9-10H2,1-3H3. The summed E-state index contributed by atoms with van der Waals surface area (Å²) in [6.45, 7) is 9.70. The van der Waals surface area contributed by atoms with Crippen molar-refractivity contribution in [3.05, 3.63) is 18.0 Å². The fourth-order valence-electron chi connectivity index (χ4n) is 2.18. The Morgan fingerprint density at radius 1 is 1.65 bits per heavy atom. The molecule has 0 saturated carbocycles. The van der Waals surface area contributed by atoms with Gasteiger partial charge in [-0.2, -0.15) is 5.10 Å². The van der Waals surface area contributed by atoms with Crippen LogP contribution in [0.5, 0.6) is 0 Å². The molecular weight excluding hydrogens is 212 g/mol. The molecule has 0 radical (unpaired) electrons. The summed E-state index contributed by atoms with van der Waals surface area (Å²) in [7, 11) is 0. The van der Waals surface area contributed by atoms with E-state index in [0.29, 0.717) is 6.04 Å². The molecule has 96 valence electrons. The molecule has 2 rings (SSSR count). The van der Waals surface area contributed by atoms with Gasteiger partial charge in [0.25, 0.3) is 0 Å². The minimum atomic E-state index is 0.236. The molecule has 1 aliphatic heterocycles. The summed E-state index contributed by atoms with van der Waals surface area (Å²) < 4.78 is 2.06. The smallest absolute Gasteiger partial charge is 0.0762 e. The largest absolute Gasteiger partial charge is 0.315 e. The Morgan fingerprint density at radius 2 is 2.47 bits per heavy atom. The fraction of sp³-hybridized carbons (Fsp3) is 0.769. The molecule has 4 heteroatoms. The van der Waals surface area contributed by atoms with Crippen LogP contribution in [-0.4, -0.2) is 28.4 Å². The molecule has 4 nitrogen and oxygen atoms in total. The van der Waals surface area contributed by atoms with Crippen molar-refractivity contribution in [3.8, 4) is 0 Å². The number of hydrogen-bond acceptors (Lipinski definition) is 3. The quantitative estimate of drug-likeness (QED) is 0.817. The van der Waals surface area contributed by atoms with E-state index in [0.717, 1.165) is 31.7 Å². The lowest BCUT2D eigenvalue weighted by molar-refractivity contribution is 0.380. The highest BCUT2D eigenvalue weighted by Gasteiger charge is 2.27. The van der Waals surface area contributed by atoms with Crippen LogP contribution in [0, 0.1) is 0 Å². The maximum Gasteiger partial charge on any atom is 0.0762 e. The molecule has 17 heavy (non-hydrogen) atoms. The third-order valence-corrected chi connectivity index (χ3v) is 3.77. The van der Waals surface area contributed by atoms with Crippen molar-refractivity contribution in [3.63, 3.8) is 0 Å². The van der Waals surface area contributed by atoms with E-state index < -0.39 is 0 Å². The van der Waals surface area contributed by atoms with Crippen LogP contribution in [0.4, 0.5) is 0 Å². The average Bonchev–Trinajstić information content (AvgIpc) is 2.95. The highest BCUT2D eigenvalue weighted by molar-refractivity contribution is 5.02. The first kappa shape index (κ1) is 12.6. The van der Waals surface area contributed by atoms with Crippen molar-refractivity contribution in [2.45, 2.75) is 51.7 Å². The Bertz CT molecular complexity index is 352. The lowest BCUT2D eigenvalue weighted by Crippen LogP contribution is -2.43. The van der Waals surface area contributed by atoms with Gasteiger partial charge < -0.3 is 10.6 Å². The van der Waals surface area contributed by atoms with Gasteiger partial charge in [0.15, 0.2) is 0 Å². The molecule has 0 aromatic carbocycles. The molecular formula is C13H24N4. The van der Waals surface area contributed by atoms with E-state index in [9.17, 15) is 0 Å². The second kappa shape index (κ2) is 5.19. The zero-order valence-electron chi connectivity index (χ0n) is 11.2. The fourth-order valence-corrected chi connectivity index (χ4v) is 2.18. The van der Waals surface area contributed by atoms with Crippen LogP contribution in [0.1, 0.15) is 45.3 Å². The van der Waals surface area contributed by atoms with Crippen molar-refractivity contribution in [2.75, 3.05) is 13.1 Å². The molecule has 0 aliphatic carbocycles. The summed E-state index contributed by atoms with van der Waals surface area (Å²) in [5, 5.41) is 11.6. The minimum absolute atomic E-state index is 0.236. The molecule has 1 aromatic rings. The number of hydrogen-bond donors (Lipinski definition) is 2. The normalized spacial score (nSPS) is 26.3. The van der Waals surface area contributed by atoms with Gasteiger partial charge in [-0.3, -0.25) is 4.68 Å². The van der Waals surface area contributed by atoms with Gasteiger partial charge in [-0.15, -0.1) is 0 Å². The van der Waals surface area contributed by atoms with Crippen molar-refractivity contribution < 1.29 is 0 Å². The Hall–Kier alpha value is -0.870. The minimum Gasteiger partial charge on any atom is -0.315 e. The van der Waals surface area contributed by atoms with Gasteiger partial charge in [-0.25, -0.2) is 0 Å². The predicted molar refractivity (Wildman–Crippen MR) is 70.0 cm³/mol. The maximum atomic E-state index is 4.61. The third-order valence-electron chi connectivity index (χ3n) is 3.77. The summed E-state index contributed by atoms with van der Waals surface area (Å²) in [6, 6.07) is 2.61. The Labute approximate surface area is 104 Å². The van der Waals surface area contributed by atoms with E-state index in [-0.39, 0.29) is 5.54 Å². The predicted octanol–water partition coefficient (Wildman–Crippen LogP) is 1.70. The topological polar surface area (TPSA) is 41.9 Å². The van der Waals surface area contributed by atoms with Crippen LogP contribution in [0.3, 0.4) is 0 Å². The van der Waals surface area contributed by atoms with Crippen LogP contribution in [0.15, 0.2) is 12.3 Å². The van der Waals surface area contributed by atoms with Crippen molar-refractivity contribution in [1.82, 2.24) is 20.4 Å². The summed E-state index contributed by atoms with van der Waals surface area (Å²) in [4.78, 5) is 0. The molecule has 1 saturated heterocycles. The highest BCUT2D eigenvalue weighted by atomic mass is 15.3. The lowest BCUT2D eigenvalue weighted by Gasteiger charge is -2.23. The van der Waals surface area contributed by atoms with Crippen molar-refractivity contribution in [2.24, 2.45) is 0 Å². The number of nitrogens with one attached hydrogen (secondary N) is 2. The maximum absolute atomic E-state index is 4.61. The van der Waals surface area contributed by atoms with Crippen molar-refractivity contribution in [1.29, 1.82) is 0 Å². The first-order chi connectivity index (χ1) is 8.13. The average molecular weight is 236 g/mol. The molecule has 0 amide bonds. The summed E-state index contributed by atoms with van der Waals surface area (Å²) in [5.41, 5.74) is 1.37. The van der Waals surface area contributed by atoms with E-state index in [1.54, 1.807) is 0 Å². The monoisotopic (exact) mass is 236 g/mol. The van der Waals surface area contributed by atoms with Gasteiger partial charge in [0, 0.05) is 30.9 Å². The van der Waals surface area contributed by atoms with Gasteiger partial charge in [-0.05, 0) is 39.3 Å². The van der Waals surface area contributed by atoms with E-state index >= 15 is 0 Å². The van der Waals surface area contributed by atoms with Gasteiger partial charge >= 0.3 is 0 Å². The first-order valence-electron chi connectivity index (χ1n) is 6.63. The van der Waals surface area contributed by atoms with Crippen LogP contribution in [0.2, 0.25) is 0 Å². The molecule has 1 aromatic heterocycles. The molecule has 2 heterocycles. The Balaban J connectivity index is 1.88. The van der Waals surface area contributed by atoms with E-state index in [4.69, 9.17) is 0 Å². The van der Waals surface area contributed by atoms with Crippen LogP contribution >= 0.6 is 0 Å². The van der Waals surface area contributed by atoms with Gasteiger partial charge in [0.05, 0.1) is 5.69 Å². The number of rotatable bonds is 5. The summed E-state index contributed by atoms with van der Waals surface area (Å²) in [5.74, 6) is 0. The Kier molecular flexibility index (Phi) is 3.84. The molecule has 0 bridgehead atoms. The highest BCUT2D eigenvalue weighted by Crippen LogP contribution is 2.14. The first-order valence-corrected chi connectivity index (χ1v) is 6.63. The number of nitrogens with zero attached hydrogens (tertiary/aromatic N) is 2. The molecule has 2 atom stereocenters. The molecule has 2 unspecified atom stereocenters.